The van der Waals surface area contributed by atoms with E-state index in [0.717, 1.165) is 50.7 Å². The van der Waals surface area contributed by atoms with Gasteiger partial charge in [-0.2, -0.15) is 0 Å². The average molecular weight is 332 g/mol. The maximum Gasteiger partial charge on any atom is 0.223 e. The van der Waals surface area contributed by atoms with E-state index in [-0.39, 0.29) is 24.2 Å². The average Bonchev–Trinajstić information content (AvgIpc) is 2.46. The lowest BCUT2D eigenvalue weighted by molar-refractivity contribution is -0.125. The van der Waals surface area contributed by atoms with Gasteiger partial charge in [0.05, 0.1) is 0 Å². The van der Waals surface area contributed by atoms with Gasteiger partial charge in [-0.05, 0) is 63.6 Å². The lowest BCUT2D eigenvalue weighted by Crippen LogP contribution is -2.40. The molecule has 0 bridgehead atoms. The summed E-state index contributed by atoms with van der Waals surface area (Å²) >= 11 is 0. The van der Waals surface area contributed by atoms with Crippen LogP contribution >= 0.6 is 12.4 Å². The predicted molar refractivity (Wildman–Crippen MR) is 94.5 cm³/mol. The summed E-state index contributed by atoms with van der Waals surface area (Å²) in [6, 6.07) is 0. The van der Waals surface area contributed by atoms with Crippen LogP contribution in [0.5, 0.6) is 0 Å². The summed E-state index contributed by atoms with van der Waals surface area (Å²) in [7, 11) is 0. The van der Waals surface area contributed by atoms with Crippen molar-refractivity contribution in [2.45, 2.75) is 46.0 Å². The number of likely N-dealkylation sites (tertiary alicyclic amines) is 1. The third-order valence-electron chi connectivity index (χ3n) is 4.85. The van der Waals surface area contributed by atoms with Crippen molar-refractivity contribution in [2.24, 2.45) is 17.8 Å². The number of amides is 1. The number of halogens is 1. The zero-order chi connectivity index (χ0) is 15.1. The molecule has 2 saturated heterocycles. The summed E-state index contributed by atoms with van der Waals surface area (Å²) in [5, 5.41) is 6.43. The van der Waals surface area contributed by atoms with Gasteiger partial charge in [-0.15, -0.1) is 12.4 Å². The van der Waals surface area contributed by atoms with Crippen LogP contribution in [0.2, 0.25) is 0 Å². The topological polar surface area (TPSA) is 44.4 Å². The number of carbonyl (C=O) groups is 1. The first-order valence-electron chi connectivity index (χ1n) is 8.86. The molecule has 2 fully saturated rings. The van der Waals surface area contributed by atoms with Crippen molar-refractivity contribution in [3.05, 3.63) is 0 Å². The van der Waals surface area contributed by atoms with E-state index in [4.69, 9.17) is 0 Å². The molecule has 130 valence electrons. The minimum absolute atomic E-state index is 0. The Hall–Kier alpha value is -0.320. The molecule has 2 unspecified atom stereocenters. The molecule has 0 aromatic rings. The molecule has 0 aromatic heterocycles. The number of piperidine rings is 2. The predicted octanol–water partition coefficient (Wildman–Crippen LogP) is 2.28. The Labute approximate surface area is 142 Å². The standard InChI is InChI=1S/C17H33N3O.ClH/c1-14-11-15(2)13-20(12-14)10-4-3-7-19-17(21)16-5-8-18-9-6-16;/h14-16,18H,3-13H2,1-2H3,(H,19,21);1H. The van der Waals surface area contributed by atoms with E-state index < -0.39 is 0 Å². The second-order valence-corrected chi connectivity index (χ2v) is 7.23. The van der Waals surface area contributed by atoms with Gasteiger partial charge in [-0.25, -0.2) is 0 Å². The van der Waals surface area contributed by atoms with Crippen LogP contribution in [0, 0.1) is 17.8 Å². The fraction of sp³-hybridized carbons (Fsp3) is 0.941. The highest BCUT2D eigenvalue weighted by molar-refractivity contribution is 5.85. The second-order valence-electron chi connectivity index (χ2n) is 7.23. The van der Waals surface area contributed by atoms with Gasteiger partial charge in [-0.1, -0.05) is 13.8 Å². The van der Waals surface area contributed by atoms with Gasteiger partial charge in [-0.3, -0.25) is 4.79 Å². The molecule has 2 heterocycles. The molecular formula is C17H34ClN3O. The fourth-order valence-electron chi connectivity index (χ4n) is 3.88. The normalized spacial score (nSPS) is 27.2. The zero-order valence-corrected chi connectivity index (χ0v) is 15.1. The van der Waals surface area contributed by atoms with E-state index in [1.807, 2.05) is 0 Å². The molecule has 2 rings (SSSR count). The zero-order valence-electron chi connectivity index (χ0n) is 14.3. The number of rotatable bonds is 6. The summed E-state index contributed by atoms with van der Waals surface area (Å²) in [4.78, 5) is 14.6. The first kappa shape index (κ1) is 19.7. The summed E-state index contributed by atoms with van der Waals surface area (Å²) in [6.07, 6.45) is 5.68. The third-order valence-corrected chi connectivity index (χ3v) is 4.85. The van der Waals surface area contributed by atoms with Gasteiger partial charge >= 0.3 is 0 Å². The maximum absolute atomic E-state index is 12.0. The van der Waals surface area contributed by atoms with Crippen LogP contribution in [0.1, 0.15) is 46.0 Å². The van der Waals surface area contributed by atoms with Crippen LogP contribution in [0.4, 0.5) is 0 Å². The van der Waals surface area contributed by atoms with Crippen LogP contribution in [-0.4, -0.2) is 50.1 Å². The SMILES string of the molecule is CC1CC(C)CN(CCCCNC(=O)C2CCNCC2)C1.Cl. The molecule has 2 atom stereocenters. The molecule has 0 aliphatic carbocycles. The molecule has 2 aliphatic heterocycles. The van der Waals surface area contributed by atoms with Crippen LogP contribution < -0.4 is 10.6 Å². The van der Waals surface area contributed by atoms with Crippen molar-refractivity contribution in [3.63, 3.8) is 0 Å². The molecule has 2 N–H and O–H groups in total. The van der Waals surface area contributed by atoms with E-state index in [1.54, 1.807) is 0 Å². The summed E-state index contributed by atoms with van der Waals surface area (Å²) in [5.74, 6) is 2.20. The summed E-state index contributed by atoms with van der Waals surface area (Å²) < 4.78 is 0. The van der Waals surface area contributed by atoms with Crippen molar-refractivity contribution >= 4 is 18.3 Å². The van der Waals surface area contributed by atoms with Gasteiger partial charge < -0.3 is 15.5 Å². The quantitative estimate of drug-likeness (QED) is 0.734. The van der Waals surface area contributed by atoms with Crippen molar-refractivity contribution in [2.75, 3.05) is 39.3 Å². The minimum Gasteiger partial charge on any atom is -0.356 e. The van der Waals surface area contributed by atoms with Crippen LogP contribution in [-0.2, 0) is 4.79 Å². The molecular weight excluding hydrogens is 298 g/mol. The maximum atomic E-state index is 12.0. The number of carbonyl (C=O) groups excluding carboxylic acids is 1. The van der Waals surface area contributed by atoms with E-state index in [9.17, 15) is 4.79 Å². The number of nitrogens with zero attached hydrogens (tertiary/aromatic N) is 1. The smallest absolute Gasteiger partial charge is 0.223 e. The molecule has 0 saturated carbocycles. The monoisotopic (exact) mass is 331 g/mol. The number of nitrogens with one attached hydrogen (secondary N) is 2. The van der Waals surface area contributed by atoms with Gasteiger partial charge in [0.25, 0.3) is 0 Å². The number of hydrogen-bond acceptors (Lipinski definition) is 3. The fourth-order valence-corrected chi connectivity index (χ4v) is 3.88. The number of unbranched alkanes of at least 4 members (excludes halogenated alkanes) is 1. The molecule has 1 amide bonds. The van der Waals surface area contributed by atoms with Gasteiger partial charge in [0.1, 0.15) is 0 Å². The largest absolute Gasteiger partial charge is 0.356 e. The van der Waals surface area contributed by atoms with E-state index in [0.29, 0.717) is 0 Å². The summed E-state index contributed by atoms with van der Waals surface area (Å²) in [5.41, 5.74) is 0. The molecule has 2 aliphatic rings. The van der Waals surface area contributed by atoms with E-state index in [2.05, 4.69) is 29.4 Å². The van der Waals surface area contributed by atoms with Crippen molar-refractivity contribution in [3.8, 4) is 0 Å². The van der Waals surface area contributed by atoms with Crippen molar-refractivity contribution in [1.29, 1.82) is 0 Å². The molecule has 4 nitrogen and oxygen atoms in total. The highest BCUT2D eigenvalue weighted by atomic mass is 35.5. The van der Waals surface area contributed by atoms with Gasteiger partial charge in [0.15, 0.2) is 0 Å². The Morgan fingerprint density at radius 1 is 1.14 bits per heavy atom. The Bertz CT molecular complexity index is 311. The van der Waals surface area contributed by atoms with Crippen molar-refractivity contribution in [1.82, 2.24) is 15.5 Å². The minimum atomic E-state index is 0. The van der Waals surface area contributed by atoms with Crippen LogP contribution in [0.25, 0.3) is 0 Å². The third kappa shape index (κ3) is 6.84. The first-order chi connectivity index (χ1) is 10.1. The van der Waals surface area contributed by atoms with Crippen LogP contribution in [0.3, 0.4) is 0 Å². The second kappa shape index (κ2) is 10.5. The molecule has 5 heteroatoms. The van der Waals surface area contributed by atoms with Gasteiger partial charge in [0, 0.05) is 25.6 Å². The molecule has 0 spiro atoms. The summed E-state index contributed by atoms with van der Waals surface area (Å²) in [6.45, 7) is 11.3. The highest BCUT2D eigenvalue weighted by Crippen LogP contribution is 2.21. The Morgan fingerprint density at radius 2 is 1.77 bits per heavy atom. The first-order valence-corrected chi connectivity index (χ1v) is 8.86. The Balaban J connectivity index is 0.00000242. The lowest BCUT2D eigenvalue weighted by atomic mass is 9.92. The Morgan fingerprint density at radius 3 is 2.41 bits per heavy atom. The molecule has 0 radical (unpaired) electrons. The highest BCUT2D eigenvalue weighted by Gasteiger charge is 2.22. The lowest BCUT2D eigenvalue weighted by Gasteiger charge is -2.34. The van der Waals surface area contributed by atoms with Crippen molar-refractivity contribution < 1.29 is 4.79 Å². The number of hydrogen-bond donors (Lipinski definition) is 2. The van der Waals surface area contributed by atoms with E-state index in [1.165, 1.54) is 32.5 Å². The Kier molecular flexibility index (Phi) is 9.37. The van der Waals surface area contributed by atoms with E-state index >= 15 is 0 Å². The molecule has 22 heavy (non-hydrogen) atoms. The molecule has 0 aromatic carbocycles. The van der Waals surface area contributed by atoms with Gasteiger partial charge in [0.2, 0.25) is 5.91 Å². The van der Waals surface area contributed by atoms with Crippen LogP contribution in [0.15, 0.2) is 0 Å².